The van der Waals surface area contributed by atoms with Gasteiger partial charge in [0, 0.05) is 11.6 Å². The zero-order chi connectivity index (χ0) is 30.5. The number of alkyl carbamates (subject to hydrolysis) is 1. The van der Waals surface area contributed by atoms with E-state index in [-0.39, 0.29) is 34.8 Å². The lowest BCUT2D eigenvalue weighted by Gasteiger charge is -2.25. The Morgan fingerprint density at radius 1 is 1.00 bits per heavy atom. The molecule has 0 aliphatic heterocycles. The van der Waals surface area contributed by atoms with Crippen molar-refractivity contribution in [3.05, 3.63) is 65.2 Å². The number of ether oxygens (including phenoxy) is 2. The number of carboxylic acids is 1. The van der Waals surface area contributed by atoms with Crippen LogP contribution in [0, 0.1) is 19.8 Å². The largest absolute Gasteiger partial charge is 0.478 e. The summed E-state index contributed by atoms with van der Waals surface area (Å²) < 4.78 is 40.0. The molecule has 1 amide bonds. The second-order valence-corrected chi connectivity index (χ2v) is 12.6. The quantitative estimate of drug-likeness (QED) is 0.292. The van der Waals surface area contributed by atoms with Crippen LogP contribution in [-0.2, 0) is 14.8 Å². The van der Waals surface area contributed by atoms with Crippen molar-refractivity contribution in [3.63, 3.8) is 0 Å². The predicted molar refractivity (Wildman–Crippen MR) is 155 cm³/mol. The maximum Gasteiger partial charge on any atom is 0.407 e. The summed E-state index contributed by atoms with van der Waals surface area (Å²) in [6.07, 6.45) is -0.587. The number of anilines is 1. The second kappa shape index (κ2) is 12.5. The molecule has 0 spiro atoms. The molecular formula is C29H36N4O7S. The molecule has 3 aromatic rings. The number of benzene rings is 2. The molecule has 12 heteroatoms. The van der Waals surface area contributed by atoms with Crippen LogP contribution in [0.2, 0.25) is 0 Å². The molecule has 0 aliphatic rings. The van der Waals surface area contributed by atoms with E-state index in [0.717, 1.165) is 22.8 Å². The van der Waals surface area contributed by atoms with Gasteiger partial charge in [0.25, 0.3) is 10.0 Å². The molecule has 1 heterocycles. The molecule has 0 saturated heterocycles. The molecule has 3 rings (SSSR count). The monoisotopic (exact) mass is 584 g/mol. The van der Waals surface area contributed by atoms with E-state index in [1.54, 1.807) is 26.8 Å². The minimum absolute atomic E-state index is 0.0208. The minimum Gasteiger partial charge on any atom is -0.478 e. The van der Waals surface area contributed by atoms with E-state index in [1.807, 2.05) is 45.9 Å². The first kappa shape index (κ1) is 31.3. The average molecular weight is 585 g/mol. The van der Waals surface area contributed by atoms with Crippen molar-refractivity contribution in [1.29, 1.82) is 0 Å². The van der Waals surface area contributed by atoms with Gasteiger partial charge in [0.2, 0.25) is 11.8 Å². The number of carbonyl (C=O) groups excluding carboxylic acids is 1. The molecule has 0 bridgehead atoms. The van der Waals surface area contributed by atoms with Crippen LogP contribution in [0.15, 0.2) is 53.4 Å². The van der Waals surface area contributed by atoms with Crippen LogP contribution in [-0.4, -0.2) is 53.8 Å². The Kier molecular flexibility index (Phi) is 9.59. The smallest absolute Gasteiger partial charge is 0.407 e. The number of hydrogen-bond donors (Lipinski definition) is 3. The zero-order valence-electron chi connectivity index (χ0n) is 24.2. The summed E-state index contributed by atoms with van der Waals surface area (Å²) in [4.78, 5) is 32.2. The average Bonchev–Trinajstić information content (AvgIpc) is 2.85. The van der Waals surface area contributed by atoms with Gasteiger partial charge in [-0.15, -0.1) is 0 Å². The Balaban J connectivity index is 1.98. The van der Waals surface area contributed by atoms with Gasteiger partial charge in [0.05, 0.1) is 22.2 Å². The summed E-state index contributed by atoms with van der Waals surface area (Å²) in [5.41, 5.74) is 2.16. The Bertz CT molecular complexity index is 1510. The lowest BCUT2D eigenvalue weighted by atomic mass is 10.00. The highest BCUT2D eigenvalue weighted by Gasteiger charge is 2.24. The maximum atomic E-state index is 13.2. The number of hydrogen-bond acceptors (Lipinski definition) is 8. The molecule has 0 fully saturated rings. The number of rotatable bonds is 10. The fourth-order valence-corrected chi connectivity index (χ4v) is 4.89. The van der Waals surface area contributed by atoms with Crippen LogP contribution in [0.5, 0.6) is 5.88 Å². The lowest BCUT2D eigenvalue weighted by Crippen LogP contribution is -2.45. The van der Waals surface area contributed by atoms with Gasteiger partial charge in [0.15, 0.2) is 0 Å². The van der Waals surface area contributed by atoms with E-state index in [2.05, 4.69) is 20.0 Å². The molecule has 220 valence electrons. The van der Waals surface area contributed by atoms with Gasteiger partial charge in [-0.3, -0.25) is 0 Å². The first-order chi connectivity index (χ1) is 19.1. The number of aromatic nitrogens is 2. The molecule has 0 aliphatic carbocycles. The van der Waals surface area contributed by atoms with Gasteiger partial charge in [-0.1, -0.05) is 38.1 Å². The molecule has 41 heavy (non-hydrogen) atoms. The Morgan fingerprint density at radius 3 is 2.22 bits per heavy atom. The third kappa shape index (κ3) is 8.65. The van der Waals surface area contributed by atoms with E-state index in [1.165, 1.54) is 18.2 Å². The summed E-state index contributed by atoms with van der Waals surface area (Å²) in [5.74, 6) is -1.47. The van der Waals surface area contributed by atoms with Crippen molar-refractivity contribution in [1.82, 2.24) is 15.3 Å². The fourth-order valence-electron chi connectivity index (χ4n) is 3.90. The highest BCUT2D eigenvalue weighted by atomic mass is 32.2. The lowest BCUT2D eigenvalue weighted by molar-refractivity contribution is 0.0467. The Hall–Kier alpha value is -4.19. The molecule has 3 N–H and O–H groups in total. The van der Waals surface area contributed by atoms with E-state index in [9.17, 15) is 23.1 Å². The van der Waals surface area contributed by atoms with Crippen molar-refractivity contribution in [3.8, 4) is 17.1 Å². The highest BCUT2D eigenvalue weighted by molar-refractivity contribution is 7.92. The highest BCUT2D eigenvalue weighted by Crippen LogP contribution is 2.29. The minimum atomic E-state index is -4.25. The summed E-state index contributed by atoms with van der Waals surface area (Å²) in [5, 5.41) is 12.1. The van der Waals surface area contributed by atoms with Gasteiger partial charge < -0.3 is 19.9 Å². The third-order valence-electron chi connectivity index (χ3n) is 5.97. The van der Waals surface area contributed by atoms with Crippen LogP contribution in [0.4, 0.5) is 10.7 Å². The van der Waals surface area contributed by atoms with Crippen molar-refractivity contribution in [2.24, 2.45) is 5.92 Å². The number of amides is 1. The van der Waals surface area contributed by atoms with E-state index in [0.29, 0.717) is 5.69 Å². The van der Waals surface area contributed by atoms with Crippen molar-refractivity contribution >= 4 is 28.0 Å². The number of nitrogens with zero attached hydrogens (tertiary/aromatic N) is 2. The molecule has 2 aromatic carbocycles. The van der Waals surface area contributed by atoms with Crippen molar-refractivity contribution < 1.29 is 32.6 Å². The SMILES string of the molecule is Cc1cccc(C)c1-c1cc(OCC(NC(=O)OC(C)(C)C)C(C)C)nc(NS(=O)(=O)c2cccc(C(=O)O)c2)n1. The Labute approximate surface area is 240 Å². The molecule has 1 unspecified atom stereocenters. The van der Waals surface area contributed by atoms with Crippen LogP contribution >= 0.6 is 0 Å². The van der Waals surface area contributed by atoms with Gasteiger partial charge >= 0.3 is 12.1 Å². The molecule has 11 nitrogen and oxygen atoms in total. The van der Waals surface area contributed by atoms with E-state index in [4.69, 9.17) is 9.47 Å². The third-order valence-corrected chi connectivity index (χ3v) is 7.30. The van der Waals surface area contributed by atoms with E-state index < -0.39 is 33.7 Å². The summed E-state index contributed by atoms with van der Waals surface area (Å²) in [6, 6.07) is 11.8. The number of sulfonamides is 1. The van der Waals surface area contributed by atoms with Gasteiger partial charge in [0.1, 0.15) is 12.2 Å². The first-order valence-corrected chi connectivity index (χ1v) is 14.5. The second-order valence-electron chi connectivity index (χ2n) is 10.9. The summed E-state index contributed by atoms with van der Waals surface area (Å²) in [6.45, 7) is 13.0. The molecule has 1 atom stereocenters. The van der Waals surface area contributed by atoms with Gasteiger partial charge in [-0.25, -0.2) is 27.7 Å². The number of aromatic carboxylic acids is 1. The van der Waals surface area contributed by atoms with Crippen molar-refractivity contribution in [2.75, 3.05) is 11.3 Å². The summed E-state index contributed by atoms with van der Waals surface area (Å²) >= 11 is 0. The predicted octanol–water partition coefficient (Wildman–Crippen LogP) is 5.19. The van der Waals surface area contributed by atoms with Crippen LogP contribution in [0.1, 0.15) is 56.1 Å². The van der Waals surface area contributed by atoms with Gasteiger partial charge in [-0.2, -0.15) is 4.98 Å². The van der Waals surface area contributed by atoms with Crippen LogP contribution in [0.25, 0.3) is 11.3 Å². The molecule has 1 aromatic heterocycles. The fraction of sp³-hybridized carbons (Fsp3) is 0.379. The molecular weight excluding hydrogens is 548 g/mol. The molecule has 0 radical (unpaired) electrons. The normalized spacial score (nSPS) is 12.5. The van der Waals surface area contributed by atoms with Crippen LogP contribution in [0.3, 0.4) is 0 Å². The zero-order valence-corrected chi connectivity index (χ0v) is 25.0. The van der Waals surface area contributed by atoms with E-state index >= 15 is 0 Å². The summed E-state index contributed by atoms with van der Waals surface area (Å²) in [7, 11) is -4.25. The molecule has 0 saturated carbocycles. The van der Waals surface area contributed by atoms with Gasteiger partial charge in [-0.05, 0) is 69.9 Å². The number of nitrogens with one attached hydrogen (secondary N) is 2. The standard InChI is InChI=1S/C29H36N4O7S/c1-17(2)23(31-28(36)40-29(5,6)7)16-39-24-15-22(25-18(3)10-8-11-19(25)4)30-27(32-24)33-41(37,38)21-13-9-12-20(14-21)26(34)35/h8-15,17,23H,16H2,1-7H3,(H,31,36)(H,34,35)(H,30,32,33). The number of aryl methyl sites for hydroxylation is 2. The number of carboxylic acid groups (broad SMARTS) is 1. The Morgan fingerprint density at radius 2 is 1.63 bits per heavy atom. The topological polar surface area (TPSA) is 157 Å². The van der Waals surface area contributed by atoms with Crippen LogP contribution < -0.4 is 14.8 Å². The number of carbonyl (C=O) groups is 2. The van der Waals surface area contributed by atoms with Crippen molar-refractivity contribution in [2.45, 2.75) is 65.0 Å². The first-order valence-electron chi connectivity index (χ1n) is 13.0. The maximum absolute atomic E-state index is 13.2.